The molecule has 1 unspecified atom stereocenters. The highest BCUT2D eigenvalue weighted by Gasteiger charge is 2.19. The smallest absolute Gasteiger partial charge is 0.241 e. The summed E-state index contributed by atoms with van der Waals surface area (Å²) in [5.41, 5.74) is 7.45. The lowest BCUT2D eigenvalue weighted by Crippen LogP contribution is -2.34. The van der Waals surface area contributed by atoms with Gasteiger partial charge in [-0.25, -0.2) is 13.1 Å². The fraction of sp³-hybridized carbons (Fsp3) is 0.500. The molecular formula is C12H20N2O4S. The van der Waals surface area contributed by atoms with Gasteiger partial charge in [0.05, 0.1) is 17.6 Å². The van der Waals surface area contributed by atoms with Crippen LogP contribution < -0.4 is 10.5 Å². The summed E-state index contributed by atoms with van der Waals surface area (Å²) in [6.45, 7) is 3.38. The minimum Gasteiger partial charge on any atom is -0.398 e. The number of nitrogens with one attached hydrogen (secondary N) is 1. The number of nitrogen functional groups attached to an aromatic ring is 1. The molecule has 1 rings (SSSR count). The molecule has 1 aromatic carbocycles. The Morgan fingerprint density at radius 1 is 1.42 bits per heavy atom. The van der Waals surface area contributed by atoms with E-state index in [2.05, 4.69) is 4.72 Å². The van der Waals surface area contributed by atoms with Crippen LogP contribution in [-0.4, -0.2) is 39.9 Å². The van der Waals surface area contributed by atoms with Crippen molar-refractivity contribution in [1.29, 1.82) is 0 Å². The summed E-state index contributed by atoms with van der Waals surface area (Å²) in [5, 5.41) is 9.46. The van der Waals surface area contributed by atoms with E-state index in [1.165, 1.54) is 7.11 Å². The lowest BCUT2D eigenvalue weighted by Gasteiger charge is -2.14. The first kappa shape index (κ1) is 15.9. The lowest BCUT2D eigenvalue weighted by atomic mass is 10.1. The fourth-order valence-corrected chi connectivity index (χ4v) is 3.10. The van der Waals surface area contributed by atoms with E-state index in [1.807, 2.05) is 0 Å². The third-order valence-electron chi connectivity index (χ3n) is 2.70. The Labute approximate surface area is 113 Å². The molecule has 0 bridgehead atoms. The van der Waals surface area contributed by atoms with E-state index in [0.717, 1.165) is 5.56 Å². The van der Waals surface area contributed by atoms with E-state index < -0.39 is 16.1 Å². The highest BCUT2D eigenvalue weighted by molar-refractivity contribution is 7.89. The molecule has 0 aromatic heterocycles. The molecular weight excluding hydrogens is 268 g/mol. The van der Waals surface area contributed by atoms with Gasteiger partial charge in [0.1, 0.15) is 0 Å². The van der Waals surface area contributed by atoms with Gasteiger partial charge in [0.15, 0.2) is 0 Å². The van der Waals surface area contributed by atoms with Crippen LogP contribution in [0.3, 0.4) is 0 Å². The van der Waals surface area contributed by atoms with Crippen LogP contribution in [0.1, 0.15) is 11.1 Å². The van der Waals surface area contributed by atoms with E-state index in [4.69, 9.17) is 10.5 Å². The Kier molecular flexibility index (Phi) is 5.30. The fourth-order valence-electron chi connectivity index (χ4n) is 1.67. The second kappa shape index (κ2) is 6.33. The van der Waals surface area contributed by atoms with Crippen molar-refractivity contribution in [2.75, 3.05) is 26.0 Å². The van der Waals surface area contributed by atoms with Crippen molar-refractivity contribution in [1.82, 2.24) is 4.72 Å². The van der Waals surface area contributed by atoms with E-state index in [1.54, 1.807) is 26.0 Å². The number of aliphatic hydroxyl groups excluding tert-OH is 1. The second-order valence-electron chi connectivity index (χ2n) is 4.44. The van der Waals surface area contributed by atoms with Crippen molar-refractivity contribution in [3.05, 3.63) is 23.3 Å². The zero-order chi connectivity index (χ0) is 14.6. The predicted octanol–water partition coefficient (Wildman–Crippen LogP) is 0.171. The summed E-state index contributed by atoms with van der Waals surface area (Å²) in [6.07, 6.45) is -0.887. The van der Waals surface area contributed by atoms with Gasteiger partial charge in [0.25, 0.3) is 0 Å². The van der Waals surface area contributed by atoms with E-state index >= 15 is 0 Å². The van der Waals surface area contributed by atoms with E-state index in [0.29, 0.717) is 11.3 Å². The quantitative estimate of drug-likeness (QED) is 0.648. The average Bonchev–Trinajstić information content (AvgIpc) is 2.31. The maximum absolute atomic E-state index is 12.1. The Morgan fingerprint density at radius 3 is 2.63 bits per heavy atom. The highest BCUT2D eigenvalue weighted by atomic mass is 32.2. The van der Waals surface area contributed by atoms with Crippen LogP contribution in [0, 0.1) is 13.8 Å². The molecule has 0 fully saturated rings. The summed E-state index contributed by atoms with van der Waals surface area (Å²) >= 11 is 0. The number of sulfonamides is 1. The Balaban J connectivity index is 2.95. The van der Waals surface area contributed by atoms with Gasteiger partial charge in [-0.1, -0.05) is 0 Å². The second-order valence-corrected chi connectivity index (χ2v) is 6.17. The molecule has 1 atom stereocenters. The van der Waals surface area contributed by atoms with Gasteiger partial charge < -0.3 is 15.6 Å². The number of aliphatic hydroxyl groups is 1. The average molecular weight is 288 g/mol. The SMILES string of the molecule is COCC(O)CNS(=O)(=O)c1cc(C)cc(N)c1C. The number of rotatable bonds is 6. The summed E-state index contributed by atoms with van der Waals surface area (Å²) in [7, 11) is -2.26. The number of hydrogen-bond donors (Lipinski definition) is 3. The number of benzene rings is 1. The topological polar surface area (TPSA) is 102 Å². The van der Waals surface area contributed by atoms with Gasteiger partial charge in [-0.3, -0.25) is 0 Å². The van der Waals surface area contributed by atoms with E-state index in [9.17, 15) is 13.5 Å². The van der Waals surface area contributed by atoms with Crippen LogP contribution >= 0.6 is 0 Å². The third-order valence-corrected chi connectivity index (χ3v) is 4.25. The maximum Gasteiger partial charge on any atom is 0.241 e. The lowest BCUT2D eigenvalue weighted by molar-refractivity contribution is 0.0679. The molecule has 0 spiro atoms. The standard InChI is InChI=1S/C12H20N2O4S/c1-8-4-11(13)9(2)12(5-8)19(16,17)14-6-10(15)7-18-3/h4-5,10,14-15H,6-7,13H2,1-3H3. The van der Waals surface area contributed by atoms with Crippen LogP contribution in [0.4, 0.5) is 5.69 Å². The van der Waals surface area contributed by atoms with Crippen molar-refractivity contribution in [2.45, 2.75) is 24.8 Å². The first-order valence-electron chi connectivity index (χ1n) is 5.81. The molecule has 0 aliphatic carbocycles. The van der Waals surface area contributed by atoms with Gasteiger partial charge in [-0.05, 0) is 37.1 Å². The van der Waals surface area contributed by atoms with Gasteiger partial charge in [0, 0.05) is 19.3 Å². The Hall–Kier alpha value is -1.15. The summed E-state index contributed by atoms with van der Waals surface area (Å²) < 4.78 is 31.4. The summed E-state index contributed by atoms with van der Waals surface area (Å²) in [6, 6.07) is 3.27. The molecule has 0 amide bonds. The van der Waals surface area contributed by atoms with Gasteiger partial charge in [0.2, 0.25) is 10.0 Å². The summed E-state index contributed by atoms with van der Waals surface area (Å²) in [5.74, 6) is 0. The van der Waals surface area contributed by atoms with Crippen molar-refractivity contribution >= 4 is 15.7 Å². The van der Waals surface area contributed by atoms with Crippen molar-refractivity contribution in [2.24, 2.45) is 0 Å². The number of aryl methyl sites for hydroxylation is 1. The monoisotopic (exact) mass is 288 g/mol. The van der Waals surface area contributed by atoms with Crippen LogP contribution in [-0.2, 0) is 14.8 Å². The molecule has 19 heavy (non-hydrogen) atoms. The third kappa shape index (κ3) is 4.17. The number of anilines is 1. The van der Waals surface area contributed by atoms with Crippen LogP contribution in [0.15, 0.2) is 17.0 Å². The Bertz CT molecular complexity index is 543. The largest absolute Gasteiger partial charge is 0.398 e. The van der Waals surface area contributed by atoms with Crippen molar-refractivity contribution < 1.29 is 18.3 Å². The predicted molar refractivity (Wildman–Crippen MR) is 73.4 cm³/mol. The molecule has 0 heterocycles. The van der Waals surface area contributed by atoms with E-state index in [-0.39, 0.29) is 18.0 Å². The molecule has 1 aromatic rings. The first-order valence-corrected chi connectivity index (χ1v) is 7.29. The molecule has 7 heteroatoms. The molecule has 0 aliphatic rings. The van der Waals surface area contributed by atoms with Crippen LogP contribution in [0.2, 0.25) is 0 Å². The molecule has 4 N–H and O–H groups in total. The zero-order valence-corrected chi connectivity index (χ0v) is 12.1. The Morgan fingerprint density at radius 2 is 2.05 bits per heavy atom. The van der Waals surface area contributed by atoms with Crippen LogP contribution in [0.25, 0.3) is 0 Å². The molecule has 0 aliphatic heterocycles. The van der Waals surface area contributed by atoms with Crippen LogP contribution in [0.5, 0.6) is 0 Å². The number of nitrogens with two attached hydrogens (primary N) is 1. The zero-order valence-electron chi connectivity index (χ0n) is 11.3. The highest BCUT2D eigenvalue weighted by Crippen LogP contribution is 2.22. The van der Waals surface area contributed by atoms with Gasteiger partial charge in [-0.15, -0.1) is 0 Å². The van der Waals surface area contributed by atoms with Crippen molar-refractivity contribution in [3.8, 4) is 0 Å². The number of methoxy groups -OCH3 is 1. The minimum atomic E-state index is -3.69. The number of ether oxygens (including phenoxy) is 1. The minimum absolute atomic E-state index is 0.0669. The van der Waals surface area contributed by atoms with Gasteiger partial charge >= 0.3 is 0 Å². The molecule has 108 valence electrons. The molecule has 0 saturated carbocycles. The molecule has 6 nitrogen and oxygen atoms in total. The number of hydrogen-bond acceptors (Lipinski definition) is 5. The molecule has 0 saturated heterocycles. The first-order chi connectivity index (χ1) is 8.77. The van der Waals surface area contributed by atoms with Crippen molar-refractivity contribution in [3.63, 3.8) is 0 Å². The molecule has 0 radical (unpaired) electrons. The normalized spacial score (nSPS) is 13.5. The van der Waals surface area contributed by atoms with Gasteiger partial charge in [-0.2, -0.15) is 0 Å². The maximum atomic E-state index is 12.1. The summed E-state index contributed by atoms with van der Waals surface area (Å²) in [4.78, 5) is 0.134.